The summed E-state index contributed by atoms with van der Waals surface area (Å²) >= 11 is 0. The van der Waals surface area contributed by atoms with E-state index in [1.165, 1.54) is 0 Å². The van der Waals surface area contributed by atoms with Gasteiger partial charge in [-0.15, -0.1) is 0 Å². The van der Waals surface area contributed by atoms with Crippen molar-refractivity contribution < 1.29 is 32.2 Å². The molecule has 0 aromatic rings. The monoisotopic (exact) mass is 456 g/mol. The van der Waals surface area contributed by atoms with Gasteiger partial charge in [0.05, 0.1) is 19.0 Å². The normalized spacial score (nSPS) is 14.5. The first-order chi connectivity index (χ1) is 13.5. The van der Waals surface area contributed by atoms with Crippen molar-refractivity contribution in [2.75, 3.05) is 46.2 Å². The maximum Gasteiger partial charge on any atom is 0.500 e. The molecule has 0 atom stereocenters. The van der Waals surface area contributed by atoms with Crippen LogP contribution < -0.4 is 0 Å². The van der Waals surface area contributed by atoms with E-state index in [2.05, 4.69) is 0 Å². The lowest BCUT2D eigenvalue weighted by Gasteiger charge is -2.33. The van der Waals surface area contributed by atoms with Crippen molar-refractivity contribution in [3.05, 3.63) is 0 Å². The summed E-state index contributed by atoms with van der Waals surface area (Å²) in [6, 6.07) is 0.800. The van der Waals surface area contributed by atoms with Gasteiger partial charge in [-0.1, -0.05) is 0 Å². The first kappa shape index (κ1) is 28.4. The zero-order chi connectivity index (χ0) is 21.3. The van der Waals surface area contributed by atoms with Crippen LogP contribution >= 0.6 is 0 Å². The fraction of sp³-hybridized carbons (Fsp3) is 1.00. The molecular weight excluding hydrogens is 412 g/mol. The van der Waals surface area contributed by atoms with Gasteiger partial charge in [-0.3, -0.25) is 0 Å². The van der Waals surface area contributed by atoms with Gasteiger partial charge in [0, 0.05) is 52.3 Å². The summed E-state index contributed by atoms with van der Waals surface area (Å²) in [6.07, 6.45) is 0. The van der Waals surface area contributed by atoms with Crippen LogP contribution in [0.15, 0.2) is 0 Å². The number of hydrogen-bond acceptors (Lipinski definition) is 7. The molecule has 170 valence electrons. The number of hydrogen-bond donors (Lipinski definition) is 0. The Morgan fingerprint density at radius 1 is 0.536 bits per heavy atom. The molecule has 0 aliphatic rings. The van der Waals surface area contributed by atoms with Crippen molar-refractivity contribution in [3.63, 3.8) is 0 Å². The van der Waals surface area contributed by atoms with Gasteiger partial charge in [0.1, 0.15) is 11.8 Å². The second-order valence-electron chi connectivity index (χ2n) is 6.20. The fourth-order valence-corrected chi connectivity index (χ4v) is 14.3. The van der Waals surface area contributed by atoms with Crippen molar-refractivity contribution in [1.29, 1.82) is 0 Å². The molecule has 0 aromatic carbocycles. The van der Waals surface area contributed by atoms with Crippen LogP contribution in [-0.4, -0.2) is 85.9 Å². The summed E-state index contributed by atoms with van der Waals surface area (Å²) in [4.78, 5) is 0. The minimum Gasteiger partial charge on any atom is -0.374 e. The third kappa shape index (κ3) is 12.2. The summed E-state index contributed by atoms with van der Waals surface area (Å²) in [7, 11) is -4.21. The smallest absolute Gasteiger partial charge is 0.374 e. The molecule has 0 saturated carbocycles. The molecule has 0 aliphatic carbocycles. The summed E-state index contributed by atoms with van der Waals surface area (Å²) < 4.78 is 41.9. The summed E-state index contributed by atoms with van der Waals surface area (Å²) in [5, 5.41) is 0.433. The van der Waals surface area contributed by atoms with Gasteiger partial charge < -0.3 is 32.2 Å². The molecule has 0 N–H and O–H groups in total. The van der Waals surface area contributed by atoms with E-state index in [-0.39, 0.29) is 11.8 Å². The minimum atomic E-state index is -2.74. The molecule has 0 rings (SSSR count). The van der Waals surface area contributed by atoms with E-state index in [0.717, 1.165) is 6.04 Å². The van der Waals surface area contributed by atoms with Crippen LogP contribution in [0, 0.1) is 0 Å². The standard InChI is InChI=1S/C18H44O7Si3/c1-8-19-17(20-9-2)26-16(27-18(21-10-3)22-11-4)15-28(23-12-5,24-13-6)25-14-7/h16-18H,8-15,26-27H2,1-7H3. The summed E-state index contributed by atoms with van der Waals surface area (Å²) in [5.41, 5.74) is 0. The minimum absolute atomic E-state index is 0.104. The Bertz CT molecular complexity index is 306. The van der Waals surface area contributed by atoms with Crippen molar-refractivity contribution >= 4 is 27.8 Å². The Kier molecular flexibility index (Phi) is 18.4. The van der Waals surface area contributed by atoms with Crippen LogP contribution in [0.1, 0.15) is 48.5 Å². The lowest BCUT2D eigenvalue weighted by atomic mass is 10.8. The molecule has 7 nitrogen and oxygen atoms in total. The lowest BCUT2D eigenvalue weighted by molar-refractivity contribution is -0.0855. The van der Waals surface area contributed by atoms with E-state index in [1.807, 2.05) is 48.5 Å². The third-order valence-electron chi connectivity index (χ3n) is 4.09. The zero-order valence-electron chi connectivity index (χ0n) is 19.2. The Hall–Kier alpha value is 0.371. The highest BCUT2D eigenvalue weighted by Gasteiger charge is 2.44. The molecular formula is C18H44O7Si3. The molecule has 0 bridgehead atoms. The van der Waals surface area contributed by atoms with E-state index in [9.17, 15) is 0 Å². The molecule has 0 fully saturated rings. The van der Waals surface area contributed by atoms with Gasteiger partial charge in [0.2, 0.25) is 0 Å². The number of rotatable bonds is 20. The average molecular weight is 457 g/mol. The Morgan fingerprint density at radius 3 is 1.11 bits per heavy atom. The van der Waals surface area contributed by atoms with Crippen molar-refractivity contribution in [1.82, 2.24) is 0 Å². The second-order valence-corrected chi connectivity index (χ2v) is 14.6. The van der Waals surface area contributed by atoms with Gasteiger partial charge in [-0.25, -0.2) is 0 Å². The maximum atomic E-state index is 6.12. The van der Waals surface area contributed by atoms with Crippen LogP contribution in [0.4, 0.5) is 0 Å². The van der Waals surface area contributed by atoms with Crippen LogP contribution in [0.3, 0.4) is 0 Å². The highest BCUT2D eigenvalue weighted by Crippen LogP contribution is 2.27. The lowest BCUT2D eigenvalue weighted by Crippen LogP contribution is -2.49. The van der Waals surface area contributed by atoms with Crippen LogP contribution in [-0.2, 0) is 32.2 Å². The molecule has 0 heterocycles. The molecule has 0 saturated heterocycles. The van der Waals surface area contributed by atoms with E-state index < -0.39 is 27.8 Å². The summed E-state index contributed by atoms with van der Waals surface area (Å²) in [6.45, 7) is 18.4. The largest absolute Gasteiger partial charge is 0.500 e. The van der Waals surface area contributed by atoms with E-state index in [1.54, 1.807) is 0 Å². The molecule has 28 heavy (non-hydrogen) atoms. The maximum absolute atomic E-state index is 6.12. The van der Waals surface area contributed by atoms with Gasteiger partial charge in [0.15, 0.2) is 0 Å². The van der Waals surface area contributed by atoms with Crippen molar-refractivity contribution in [2.24, 2.45) is 0 Å². The van der Waals surface area contributed by atoms with Gasteiger partial charge in [-0.2, -0.15) is 0 Å². The number of ether oxygens (including phenoxy) is 4. The predicted octanol–water partition coefficient (Wildman–Crippen LogP) is 1.83. The SMILES string of the molecule is CCOC(OCC)[SiH2]C(C[Si](OCC)(OCC)OCC)[SiH2]C(OCC)OCC. The molecule has 0 amide bonds. The molecule has 0 unspecified atom stereocenters. The molecule has 10 heteroatoms. The Labute approximate surface area is 178 Å². The fourth-order valence-electron chi connectivity index (χ4n) is 3.23. The highest BCUT2D eigenvalue weighted by molar-refractivity contribution is 6.68. The quantitative estimate of drug-likeness (QED) is 0.204. The van der Waals surface area contributed by atoms with Gasteiger partial charge in [-0.05, 0) is 53.6 Å². The molecule has 0 aromatic heterocycles. The highest BCUT2D eigenvalue weighted by atomic mass is 28.4. The first-order valence-corrected chi connectivity index (χ1v) is 16.1. The molecule has 0 spiro atoms. The van der Waals surface area contributed by atoms with Crippen LogP contribution in [0.2, 0.25) is 11.2 Å². The van der Waals surface area contributed by atoms with Crippen LogP contribution in [0.5, 0.6) is 0 Å². The van der Waals surface area contributed by atoms with Crippen molar-refractivity contribution in [2.45, 2.75) is 71.5 Å². The Morgan fingerprint density at radius 2 is 0.857 bits per heavy atom. The third-order valence-corrected chi connectivity index (χ3v) is 14.1. The predicted molar refractivity (Wildman–Crippen MR) is 120 cm³/mol. The van der Waals surface area contributed by atoms with Crippen molar-refractivity contribution in [3.8, 4) is 0 Å². The van der Waals surface area contributed by atoms with Crippen LogP contribution in [0.25, 0.3) is 0 Å². The Balaban J connectivity index is 5.48. The zero-order valence-corrected chi connectivity index (χ0v) is 23.0. The molecule has 0 aliphatic heterocycles. The van der Waals surface area contributed by atoms with Gasteiger partial charge in [0.25, 0.3) is 0 Å². The van der Waals surface area contributed by atoms with E-state index >= 15 is 0 Å². The van der Waals surface area contributed by atoms with E-state index in [4.69, 9.17) is 32.2 Å². The second kappa shape index (κ2) is 18.2. The summed E-state index contributed by atoms with van der Waals surface area (Å²) in [5.74, 6) is -0.207. The first-order valence-electron chi connectivity index (χ1n) is 10.9. The molecule has 0 radical (unpaired) electrons. The van der Waals surface area contributed by atoms with Gasteiger partial charge >= 0.3 is 8.80 Å². The van der Waals surface area contributed by atoms with E-state index in [0.29, 0.717) is 51.4 Å². The topological polar surface area (TPSA) is 64.6 Å². The average Bonchev–Trinajstić information content (AvgIpc) is 2.63.